The Labute approximate surface area is 152 Å². The molecule has 0 aliphatic carbocycles. The number of rotatable bonds is 2. The lowest BCUT2D eigenvalue weighted by atomic mass is 9.97. The molecule has 126 valence electrons. The van der Waals surface area contributed by atoms with Gasteiger partial charge in [-0.2, -0.15) is 0 Å². The van der Waals surface area contributed by atoms with Crippen LogP contribution in [0.3, 0.4) is 0 Å². The number of aromatic nitrogens is 3. The maximum absolute atomic E-state index is 4.88. The van der Waals surface area contributed by atoms with Crippen molar-refractivity contribution in [3.05, 3.63) is 84.9 Å². The molecular formula is C23H19N3. The maximum Gasteiger partial charge on any atom is 0.113 e. The summed E-state index contributed by atoms with van der Waals surface area (Å²) < 4.78 is 4.36. The van der Waals surface area contributed by atoms with E-state index in [4.69, 9.17) is 4.98 Å². The lowest BCUT2D eigenvalue weighted by Gasteiger charge is -2.06. The molecule has 0 saturated heterocycles. The molecule has 0 radical (unpaired) electrons. The Morgan fingerprint density at radius 2 is 1.46 bits per heavy atom. The minimum atomic E-state index is 1.02. The first-order valence-electron chi connectivity index (χ1n) is 8.81. The molecule has 0 aliphatic heterocycles. The number of benzene rings is 2. The van der Waals surface area contributed by atoms with E-state index in [0.717, 1.165) is 22.4 Å². The first-order chi connectivity index (χ1) is 12.7. The fraction of sp³-hybridized carbons (Fsp3) is 0.0870. The number of pyridine rings is 1. The topological polar surface area (TPSA) is 22.2 Å². The number of hydrogen-bond acceptors (Lipinski definition) is 1. The van der Waals surface area contributed by atoms with Gasteiger partial charge in [-0.15, -0.1) is 0 Å². The summed E-state index contributed by atoms with van der Waals surface area (Å²) >= 11 is 0. The average molecular weight is 337 g/mol. The van der Waals surface area contributed by atoms with Gasteiger partial charge < -0.3 is 8.97 Å². The van der Waals surface area contributed by atoms with Gasteiger partial charge in [0.05, 0.1) is 11.0 Å². The summed E-state index contributed by atoms with van der Waals surface area (Å²) in [7, 11) is 2.07. The molecule has 3 nitrogen and oxygen atoms in total. The SMILES string of the molecule is Cc1nc2c(ccn3cc(-c4ccccc4)c(-c4ccccc4)c23)n1C. The molecule has 5 rings (SSSR count). The van der Waals surface area contributed by atoms with Crippen LogP contribution in [-0.4, -0.2) is 14.0 Å². The van der Waals surface area contributed by atoms with Crippen LogP contribution in [0.5, 0.6) is 0 Å². The van der Waals surface area contributed by atoms with Crippen LogP contribution in [0, 0.1) is 6.92 Å². The highest BCUT2D eigenvalue weighted by Crippen LogP contribution is 2.39. The smallest absolute Gasteiger partial charge is 0.113 e. The third-order valence-corrected chi connectivity index (χ3v) is 5.16. The van der Waals surface area contributed by atoms with E-state index in [9.17, 15) is 0 Å². The minimum Gasteiger partial charge on any atom is -0.331 e. The van der Waals surface area contributed by atoms with Crippen molar-refractivity contribution in [2.24, 2.45) is 7.05 Å². The Bertz CT molecular complexity index is 1230. The molecule has 0 fully saturated rings. The fourth-order valence-electron chi connectivity index (χ4n) is 3.76. The monoisotopic (exact) mass is 337 g/mol. The summed E-state index contributed by atoms with van der Waals surface area (Å²) in [5.41, 5.74) is 8.27. The van der Waals surface area contributed by atoms with Crippen LogP contribution >= 0.6 is 0 Å². The molecule has 0 unspecified atom stereocenters. The van der Waals surface area contributed by atoms with Gasteiger partial charge in [-0.1, -0.05) is 60.7 Å². The van der Waals surface area contributed by atoms with Crippen molar-refractivity contribution in [3.63, 3.8) is 0 Å². The predicted octanol–water partition coefficient (Wildman–Crippen LogP) is 5.47. The van der Waals surface area contributed by atoms with Gasteiger partial charge in [0.1, 0.15) is 11.3 Å². The van der Waals surface area contributed by atoms with Crippen molar-refractivity contribution < 1.29 is 0 Å². The number of imidazole rings is 1. The molecule has 0 saturated carbocycles. The fourth-order valence-corrected chi connectivity index (χ4v) is 3.76. The van der Waals surface area contributed by atoms with Crippen molar-refractivity contribution in [1.82, 2.24) is 14.0 Å². The van der Waals surface area contributed by atoms with Gasteiger partial charge in [0, 0.05) is 30.6 Å². The number of aryl methyl sites for hydroxylation is 2. The summed E-state index contributed by atoms with van der Waals surface area (Å²) in [6.07, 6.45) is 4.36. The zero-order chi connectivity index (χ0) is 17.7. The quantitative estimate of drug-likeness (QED) is 0.419. The Morgan fingerprint density at radius 3 is 2.15 bits per heavy atom. The molecule has 3 heterocycles. The Hall–Kier alpha value is -3.33. The van der Waals surface area contributed by atoms with Crippen molar-refractivity contribution >= 4 is 16.6 Å². The molecule has 3 heteroatoms. The Balaban J connectivity index is 1.97. The molecule has 3 aromatic heterocycles. The molecule has 5 aromatic rings. The van der Waals surface area contributed by atoms with Crippen LogP contribution < -0.4 is 0 Å². The van der Waals surface area contributed by atoms with E-state index >= 15 is 0 Å². The van der Waals surface area contributed by atoms with Crippen molar-refractivity contribution in [2.45, 2.75) is 6.92 Å². The minimum absolute atomic E-state index is 1.02. The third kappa shape index (κ3) is 2.10. The van der Waals surface area contributed by atoms with Gasteiger partial charge in [-0.3, -0.25) is 0 Å². The highest BCUT2D eigenvalue weighted by molar-refractivity contribution is 6.05. The number of nitrogens with zero attached hydrogens (tertiary/aromatic N) is 3. The van der Waals surface area contributed by atoms with E-state index in [1.165, 1.54) is 22.3 Å². The summed E-state index contributed by atoms with van der Waals surface area (Å²) in [6.45, 7) is 2.06. The molecular weight excluding hydrogens is 318 g/mol. The number of fused-ring (bicyclic) bond motifs is 3. The van der Waals surface area contributed by atoms with Crippen molar-refractivity contribution in [3.8, 4) is 22.3 Å². The first-order valence-corrected chi connectivity index (χ1v) is 8.81. The first kappa shape index (κ1) is 15.0. The maximum atomic E-state index is 4.88. The zero-order valence-corrected chi connectivity index (χ0v) is 14.8. The van der Waals surface area contributed by atoms with Crippen LogP contribution in [0.25, 0.3) is 38.8 Å². The van der Waals surface area contributed by atoms with E-state index in [0.29, 0.717) is 0 Å². The predicted molar refractivity (Wildman–Crippen MR) is 107 cm³/mol. The van der Waals surface area contributed by atoms with Crippen LogP contribution in [-0.2, 0) is 7.05 Å². The van der Waals surface area contributed by atoms with Gasteiger partial charge >= 0.3 is 0 Å². The van der Waals surface area contributed by atoms with Crippen LogP contribution in [0.1, 0.15) is 5.82 Å². The van der Waals surface area contributed by atoms with Gasteiger partial charge in [0.2, 0.25) is 0 Å². The second-order valence-corrected chi connectivity index (χ2v) is 6.67. The molecule has 0 bridgehead atoms. The van der Waals surface area contributed by atoms with Crippen molar-refractivity contribution in [2.75, 3.05) is 0 Å². The second-order valence-electron chi connectivity index (χ2n) is 6.67. The van der Waals surface area contributed by atoms with E-state index in [2.05, 4.69) is 102 Å². The summed E-state index contributed by atoms with van der Waals surface area (Å²) in [5.74, 6) is 1.02. The molecule has 2 aromatic carbocycles. The lowest BCUT2D eigenvalue weighted by Crippen LogP contribution is -1.90. The molecule has 0 amide bonds. The largest absolute Gasteiger partial charge is 0.331 e. The van der Waals surface area contributed by atoms with Gasteiger partial charge in [0.25, 0.3) is 0 Å². The average Bonchev–Trinajstić information content (AvgIpc) is 3.21. The van der Waals surface area contributed by atoms with Crippen LogP contribution in [0.15, 0.2) is 79.1 Å². The van der Waals surface area contributed by atoms with Crippen molar-refractivity contribution in [1.29, 1.82) is 0 Å². The summed E-state index contributed by atoms with van der Waals surface area (Å²) in [5, 5.41) is 0. The normalized spacial score (nSPS) is 11.5. The molecule has 0 aliphatic rings. The Morgan fingerprint density at radius 1 is 0.808 bits per heavy atom. The summed E-state index contributed by atoms with van der Waals surface area (Å²) in [4.78, 5) is 4.88. The molecule has 0 spiro atoms. The lowest BCUT2D eigenvalue weighted by molar-refractivity contribution is 0.885. The van der Waals surface area contributed by atoms with Gasteiger partial charge in [0.15, 0.2) is 0 Å². The van der Waals surface area contributed by atoms with Gasteiger partial charge in [-0.05, 0) is 24.1 Å². The summed E-state index contributed by atoms with van der Waals surface area (Å²) in [6, 6.07) is 23.3. The van der Waals surface area contributed by atoms with E-state index in [-0.39, 0.29) is 0 Å². The molecule has 26 heavy (non-hydrogen) atoms. The highest BCUT2D eigenvalue weighted by atomic mass is 15.1. The standard InChI is InChI=1S/C23H19N3/c1-16-24-22-20(25(16)2)13-14-26-15-19(17-9-5-3-6-10-17)21(23(22)26)18-11-7-4-8-12-18/h3-15H,1-2H3. The van der Waals surface area contributed by atoms with Gasteiger partial charge in [-0.25, -0.2) is 4.98 Å². The third-order valence-electron chi connectivity index (χ3n) is 5.16. The Kier molecular flexibility index (Phi) is 3.22. The number of hydrogen-bond donors (Lipinski definition) is 0. The van der Waals surface area contributed by atoms with E-state index in [1.807, 2.05) is 0 Å². The van der Waals surface area contributed by atoms with Crippen LogP contribution in [0.4, 0.5) is 0 Å². The van der Waals surface area contributed by atoms with E-state index in [1.54, 1.807) is 0 Å². The zero-order valence-electron chi connectivity index (χ0n) is 14.8. The molecule has 0 N–H and O–H groups in total. The van der Waals surface area contributed by atoms with E-state index < -0.39 is 0 Å². The molecule has 0 atom stereocenters. The van der Waals surface area contributed by atoms with Crippen LogP contribution in [0.2, 0.25) is 0 Å². The highest BCUT2D eigenvalue weighted by Gasteiger charge is 2.18. The second kappa shape index (κ2) is 5.60.